The summed E-state index contributed by atoms with van der Waals surface area (Å²) in [4.78, 5) is 49.6. The van der Waals surface area contributed by atoms with E-state index in [-0.39, 0.29) is 12.0 Å². The molecule has 10 unspecified atom stereocenters. The first-order valence-corrected chi connectivity index (χ1v) is 13.2. The number of aliphatic hydroxyl groups is 5. The zero-order valence-corrected chi connectivity index (χ0v) is 20.2. The van der Waals surface area contributed by atoms with Gasteiger partial charge in [-0.1, -0.05) is 0 Å². The molecule has 0 radical (unpaired) electrons. The second-order valence-corrected chi connectivity index (χ2v) is 10.9. The zero-order chi connectivity index (χ0) is 27.0. The number of aliphatic hydroxyl groups excluding tert-OH is 5. The maximum absolute atomic E-state index is 12.0. The fourth-order valence-corrected chi connectivity index (χ4v) is 5.53. The van der Waals surface area contributed by atoms with Crippen LogP contribution in [0.3, 0.4) is 0 Å². The average molecular weight is 562 g/mol. The number of nitrogens with zero attached hydrogens (tertiary/aromatic N) is 1. The van der Waals surface area contributed by atoms with Gasteiger partial charge in [-0.3, -0.25) is 28.0 Å². The number of aromatic amines is 1. The Bertz CT molecular complexity index is 1140. The fraction of sp³-hybridized carbons (Fsp3) is 0.750. The molecule has 206 valence electrons. The third-order valence-corrected chi connectivity index (χ3v) is 7.87. The quantitative estimate of drug-likeness (QED) is 0.154. The molecule has 1 aromatic rings. The summed E-state index contributed by atoms with van der Waals surface area (Å²) in [6.45, 7) is -0.442. The van der Waals surface area contributed by atoms with E-state index in [1.54, 1.807) is 0 Å². The maximum atomic E-state index is 12.0. The largest absolute Gasteiger partial charge is 0.756 e. The minimum atomic E-state index is -5.85. The number of hydrogen-bond acceptors (Lipinski definition) is 16. The van der Waals surface area contributed by atoms with Crippen LogP contribution < -0.4 is 21.0 Å². The molecule has 0 amide bonds. The summed E-state index contributed by atoms with van der Waals surface area (Å²) in [6.07, 6.45) is -12.7. The lowest BCUT2D eigenvalue weighted by Crippen LogP contribution is -2.59. The van der Waals surface area contributed by atoms with E-state index in [1.165, 1.54) is 13.1 Å². The molecular formula is C16H24N2O16P2-2. The average Bonchev–Trinajstić information content (AvgIpc) is 3.14. The summed E-state index contributed by atoms with van der Waals surface area (Å²) in [6, 6.07) is 0. The van der Waals surface area contributed by atoms with Gasteiger partial charge in [0.2, 0.25) is 0 Å². The molecule has 0 aliphatic carbocycles. The molecule has 2 fully saturated rings. The number of aromatic nitrogens is 2. The Kier molecular flexibility index (Phi) is 9.08. The number of H-pyrrole nitrogens is 1. The van der Waals surface area contributed by atoms with Gasteiger partial charge in [-0.25, -0.2) is 9.11 Å². The molecule has 0 bridgehead atoms. The Labute approximate surface area is 201 Å². The Morgan fingerprint density at radius 2 is 1.75 bits per heavy atom. The number of ether oxygens (including phenoxy) is 2. The SMILES string of the molecule is Cc1cn(C2CC(O)C(COP(=O)([O-])OP(=O)([O-])OC3OC(CO)C(O)C(O)C3O)O2)c(=O)[nH]c1=O. The number of phosphoric acid groups is 2. The predicted molar refractivity (Wildman–Crippen MR) is 108 cm³/mol. The first-order chi connectivity index (χ1) is 16.6. The van der Waals surface area contributed by atoms with Crippen LogP contribution in [-0.4, -0.2) is 91.2 Å². The van der Waals surface area contributed by atoms with E-state index in [9.17, 15) is 48.9 Å². The summed E-state index contributed by atoms with van der Waals surface area (Å²) >= 11 is 0. The van der Waals surface area contributed by atoms with Crippen LogP contribution in [0.15, 0.2) is 15.8 Å². The molecule has 6 N–H and O–H groups in total. The molecule has 10 atom stereocenters. The summed E-state index contributed by atoms with van der Waals surface area (Å²) in [5, 5.41) is 48.4. The monoisotopic (exact) mass is 562 g/mol. The van der Waals surface area contributed by atoms with Crippen LogP contribution in [0, 0.1) is 6.92 Å². The lowest BCUT2D eigenvalue weighted by atomic mass is 10.00. The first kappa shape index (κ1) is 29.2. The molecule has 2 saturated heterocycles. The first-order valence-electron chi connectivity index (χ1n) is 10.3. The number of aryl methyl sites for hydroxylation is 1. The molecule has 3 heterocycles. The van der Waals surface area contributed by atoms with Crippen LogP contribution in [0.25, 0.3) is 0 Å². The second kappa shape index (κ2) is 11.2. The van der Waals surface area contributed by atoms with E-state index in [4.69, 9.17) is 14.6 Å². The molecule has 0 aromatic carbocycles. The molecule has 0 spiro atoms. The highest BCUT2D eigenvalue weighted by Crippen LogP contribution is 2.57. The highest BCUT2D eigenvalue weighted by molar-refractivity contribution is 7.59. The molecule has 20 heteroatoms. The number of rotatable bonds is 9. The van der Waals surface area contributed by atoms with Crippen molar-refractivity contribution >= 4 is 15.6 Å². The van der Waals surface area contributed by atoms with Crippen molar-refractivity contribution in [1.82, 2.24) is 9.55 Å². The van der Waals surface area contributed by atoms with Crippen molar-refractivity contribution in [3.8, 4) is 0 Å². The number of phosphoric ester groups is 2. The smallest absolute Gasteiger partial charge is 0.330 e. The van der Waals surface area contributed by atoms with Crippen molar-refractivity contribution in [2.45, 2.75) is 62.5 Å². The molecule has 0 saturated carbocycles. The fourth-order valence-electron chi connectivity index (χ4n) is 3.45. The second-order valence-electron chi connectivity index (χ2n) is 7.99. The van der Waals surface area contributed by atoms with Crippen molar-refractivity contribution in [1.29, 1.82) is 0 Å². The summed E-state index contributed by atoms with van der Waals surface area (Å²) in [5.74, 6) is 0. The minimum Gasteiger partial charge on any atom is -0.756 e. The Balaban J connectivity index is 1.59. The minimum absolute atomic E-state index is 0.162. The van der Waals surface area contributed by atoms with Crippen molar-refractivity contribution in [2.75, 3.05) is 13.2 Å². The van der Waals surface area contributed by atoms with Gasteiger partial charge in [-0.2, -0.15) is 0 Å². The Morgan fingerprint density at radius 1 is 1.08 bits per heavy atom. The van der Waals surface area contributed by atoms with E-state index < -0.39 is 89.2 Å². The normalized spacial score (nSPS) is 36.3. The van der Waals surface area contributed by atoms with Crippen LogP contribution in [-0.2, 0) is 32.0 Å². The van der Waals surface area contributed by atoms with Crippen LogP contribution in [0.5, 0.6) is 0 Å². The van der Waals surface area contributed by atoms with Crippen molar-refractivity contribution in [3.05, 3.63) is 32.6 Å². The van der Waals surface area contributed by atoms with Crippen LogP contribution in [0.2, 0.25) is 0 Å². The molecule has 36 heavy (non-hydrogen) atoms. The van der Waals surface area contributed by atoms with Crippen molar-refractivity contribution in [2.24, 2.45) is 0 Å². The van der Waals surface area contributed by atoms with Crippen molar-refractivity contribution in [3.63, 3.8) is 0 Å². The van der Waals surface area contributed by atoms with Gasteiger partial charge >= 0.3 is 5.69 Å². The van der Waals surface area contributed by atoms with E-state index in [2.05, 4.69) is 13.4 Å². The Hall–Kier alpha value is -1.34. The summed E-state index contributed by atoms with van der Waals surface area (Å²) in [5.41, 5.74) is -1.32. The zero-order valence-electron chi connectivity index (χ0n) is 18.4. The highest BCUT2D eigenvalue weighted by Gasteiger charge is 2.46. The summed E-state index contributed by atoms with van der Waals surface area (Å²) in [7, 11) is -11.6. The van der Waals surface area contributed by atoms with E-state index in [1.807, 2.05) is 4.98 Å². The molecule has 2 aliphatic rings. The van der Waals surface area contributed by atoms with Gasteiger partial charge in [-0.15, -0.1) is 0 Å². The molecular weight excluding hydrogens is 538 g/mol. The predicted octanol–water partition coefficient (Wildman–Crippen LogP) is -4.72. The van der Waals surface area contributed by atoms with E-state index in [0.717, 1.165) is 4.57 Å². The molecule has 18 nitrogen and oxygen atoms in total. The topological polar surface area (TPSA) is 282 Å². The van der Waals surface area contributed by atoms with E-state index >= 15 is 0 Å². The Morgan fingerprint density at radius 3 is 2.39 bits per heavy atom. The summed E-state index contributed by atoms with van der Waals surface area (Å²) < 4.78 is 47.8. The van der Waals surface area contributed by atoms with Crippen LogP contribution >= 0.6 is 15.6 Å². The molecule has 2 aliphatic heterocycles. The third-order valence-electron chi connectivity index (χ3n) is 5.34. The molecule has 3 rings (SSSR count). The van der Waals surface area contributed by atoms with Gasteiger partial charge in [0.25, 0.3) is 21.2 Å². The van der Waals surface area contributed by atoms with Crippen molar-refractivity contribution < 1.29 is 67.3 Å². The molecule has 1 aromatic heterocycles. The van der Waals surface area contributed by atoms with Gasteiger partial charge in [0.05, 0.1) is 19.3 Å². The van der Waals surface area contributed by atoms with Gasteiger partial charge in [0, 0.05) is 18.2 Å². The van der Waals surface area contributed by atoms with E-state index in [0.29, 0.717) is 0 Å². The van der Waals surface area contributed by atoms with Crippen LogP contribution in [0.1, 0.15) is 18.2 Å². The number of nitrogens with one attached hydrogen (secondary N) is 1. The lowest BCUT2D eigenvalue weighted by Gasteiger charge is -2.41. The highest BCUT2D eigenvalue weighted by atomic mass is 31.3. The standard InChI is InChI=1S/C16H26N2O16P2/c1-6-3-18(16(25)17-14(6)24)10-2-7(20)9(31-10)5-30-35(26,27)34-36(28,29)33-15-13(23)12(22)11(21)8(4-19)32-15/h3,7-13,15,19-23H,2,4-5H2,1H3,(H,26,27)(H,28,29)(H,17,24,25)/p-2. The van der Waals surface area contributed by atoms with Gasteiger partial charge in [0.15, 0.2) is 6.29 Å². The number of hydrogen-bond donors (Lipinski definition) is 6. The lowest BCUT2D eigenvalue weighted by molar-refractivity contribution is -0.305. The van der Waals surface area contributed by atoms with Gasteiger partial charge in [0.1, 0.15) is 36.7 Å². The third kappa shape index (κ3) is 6.75. The van der Waals surface area contributed by atoms with Gasteiger partial charge < -0.3 is 49.3 Å². The maximum Gasteiger partial charge on any atom is 0.330 e. The van der Waals surface area contributed by atoms with Crippen LogP contribution in [0.4, 0.5) is 0 Å². The van der Waals surface area contributed by atoms with Gasteiger partial charge in [-0.05, 0) is 6.92 Å².